The molecule has 0 bridgehead atoms. The Labute approximate surface area is 150 Å². The zero-order valence-corrected chi connectivity index (χ0v) is 14.6. The van der Waals surface area contributed by atoms with Crippen LogP contribution in [0.4, 0.5) is 0 Å². The summed E-state index contributed by atoms with van der Waals surface area (Å²) in [5.41, 5.74) is 3.33. The number of rotatable bonds is 2. The van der Waals surface area contributed by atoms with Crippen molar-refractivity contribution in [3.63, 3.8) is 0 Å². The van der Waals surface area contributed by atoms with Crippen LogP contribution >= 0.6 is 11.6 Å². The molecular formula is C19H17ClN4O. The van der Waals surface area contributed by atoms with Gasteiger partial charge in [0.25, 0.3) is 5.91 Å². The predicted octanol–water partition coefficient (Wildman–Crippen LogP) is 3.43. The van der Waals surface area contributed by atoms with E-state index in [2.05, 4.69) is 22.2 Å². The van der Waals surface area contributed by atoms with Crippen LogP contribution in [0.3, 0.4) is 0 Å². The molecule has 1 amide bonds. The molecule has 0 saturated heterocycles. The number of aromatic nitrogens is 3. The number of halogens is 1. The molecule has 126 valence electrons. The molecule has 0 spiro atoms. The normalized spacial score (nSPS) is 13.6. The van der Waals surface area contributed by atoms with Gasteiger partial charge in [0.05, 0.1) is 5.69 Å². The molecule has 0 atom stereocenters. The second-order valence-electron chi connectivity index (χ2n) is 6.12. The molecule has 2 aromatic carbocycles. The van der Waals surface area contributed by atoms with Gasteiger partial charge in [0.2, 0.25) is 5.82 Å². The highest BCUT2D eigenvalue weighted by Gasteiger charge is 2.25. The van der Waals surface area contributed by atoms with E-state index in [1.807, 2.05) is 36.1 Å². The standard InChI is InChI=1S/C19H17ClN4O/c1-13-21-18(22-24(13)17-8-6-16(20)7-9-17)19(25)23-11-10-14-4-2-3-5-15(14)12-23/h2-9H,10-12H2,1H3. The minimum Gasteiger partial charge on any atom is -0.331 e. The van der Waals surface area contributed by atoms with Crippen molar-refractivity contribution in [2.24, 2.45) is 0 Å². The summed E-state index contributed by atoms with van der Waals surface area (Å²) in [6.45, 7) is 3.12. The first-order chi connectivity index (χ1) is 12.1. The van der Waals surface area contributed by atoms with Gasteiger partial charge in [-0.25, -0.2) is 9.67 Å². The molecule has 0 saturated carbocycles. The lowest BCUT2D eigenvalue weighted by atomic mass is 10.00. The molecule has 3 aromatic rings. The third kappa shape index (κ3) is 3.03. The smallest absolute Gasteiger partial charge is 0.293 e. The monoisotopic (exact) mass is 352 g/mol. The minimum atomic E-state index is -0.134. The van der Waals surface area contributed by atoms with Gasteiger partial charge in [0.1, 0.15) is 5.82 Å². The Balaban J connectivity index is 1.59. The largest absolute Gasteiger partial charge is 0.331 e. The fraction of sp³-hybridized carbons (Fsp3) is 0.211. The summed E-state index contributed by atoms with van der Waals surface area (Å²) in [5, 5.41) is 5.07. The van der Waals surface area contributed by atoms with Crippen LogP contribution in [-0.4, -0.2) is 32.1 Å². The van der Waals surface area contributed by atoms with Crippen LogP contribution in [0.15, 0.2) is 48.5 Å². The third-order valence-corrected chi connectivity index (χ3v) is 4.70. The first-order valence-corrected chi connectivity index (χ1v) is 8.55. The Morgan fingerprint density at radius 2 is 1.80 bits per heavy atom. The van der Waals surface area contributed by atoms with E-state index in [0.717, 1.165) is 12.1 Å². The van der Waals surface area contributed by atoms with Crippen molar-refractivity contribution in [3.8, 4) is 5.69 Å². The van der Waals surface area contributed by atoms with E-state index >= 15 is 0 Å². The molecule has 6 heteroatoms. The molecular weight excluding hydrogens is 336 g/mol. The van der Waals surface area contributed by atoms with E-state index in [0.29, 0.717) is 23.9 Å². The van der Waals surface area contributed by atoms with E-state index in [-0.39, 0.29) is 11.7 Å². The fourth-order valence-electron chi connectivity index (χ4n) is 3.12. The summed E-state index contributed by atoms with van der Waals surface area (Å²) in [7, 11) is 0. The number of amides is 1. The average Bonchev–Trinajstić information content (AvgIpc) is 3.03. The van der Waals surface area contributed by atoms with Crippen molar-refractivity contribution in [1.82, 2.24) is 19.7 Å². The topological polar surface area (TPSA) is 51.0 Å². The molecule has 0 aliphatic carbocycles. The maximum atomic E-state index is 12.8. The molecule has 1 aliphatic heterocycles. The van der Waals surface area contributed by atoms with E-state index in [1.165, 1.54) is 11.1 Å². The van der Waals surface area contributed by atoms with Gasteiger partial charge in [-0.15, -0.1) is 5.10 Å². The minimum absolute atomic E-state index is 0.134. The number of benzene rings is 2. The number of hydrogen-bond acceptors (Lipinski definition) is 3. The first kappa shape index (κ1) is 15.8. The van der Waals surface area contributed by atoms with Gasteiger partial charge in [0.15, 0.2) is 0 Å². The molecule has 25 heavy (non-hydrogen) atoms. The van der Waals surface area contributed by atoms with Gasteiger partial charge in [-0.1, -0.05) is 35.9 Å². The fourth-order valence-corrected chi connectivity index (χ4v) is 3.24. The van der Waals surface area contributed by atoms with Gasteiger partial charge >= 0.3 is 0 Å². The number of carbonyl (C=O) groups excluding carboxylic acids is 1. The van der Waals surface area contributed by atoms with Crippen LogP contribution in [0, 0.1) is 6.92 Å². The molecule has 0 N–H and O–H groups in total. The third-order valence-electron chi connectivity index (χ3n) is 4.45. The van der Waals surface area contributed by atoms with Gasteiger partial charge in [0, 0.05) is 18.1 Å². The number of carbonyl (C=O) groups is 1. The van der Waals surface area contributed by atoms with E-state index < -0.39 is 0 Å². The number of nitrogens with zero attached hydrogens (tertiary/aromatic N) is 4. The molecule has 4 rings (SSSR count). The van der Waals surface area contributed by atoms with Crippen LogP contribution in [0.25, 0.3) is 5.69 Å². The highest BCUT2D eigenvalue weighted by molar-refractivity contribution is 6.30. The Kier molecular flexibility index (Phi) is 4.01. The van der Waals surface area contributed by atoms with Crippen LogP contribution in [0.2, 0.25) is 5.02 Å². The van der Waals surface area contributed by atoms with Crippen LogP contribution < -0.4 is 0 Å². The molecule has 5 nitrogen and oxygen atoms in total. The second-order valence-corrected chi connectivity index (χ2v) is 6.55. The maximum Gasteiger partial charge on any atom is 0.293 e. The van der Waals surface area contributed by atoms with E-state index in [4.69, 9.17) is 11.6 Å². The highest BCUT2D eigenvalue weighted by Crippen LogP contribution is 2.20. The van der Waals surface area contributed by atoms with E-state index in [9.17, 15) is 4.79 Å². The Bertz CT molecular complexity index is 933. The van der Waals surface area contributed by atoms with Gasteiger partial charge in [-0.2, -0.15) is 0 Å². The van der Waals surface area contributed by atoms with Crippen molar-refractivity contribution in [3.05, 3.63) is 76.3 Å². The van der Waals surface area contributed by atoms with Crippen LogP contribution in [-0.2, 0) is 13.0 Å². The predicted molar refractivity (Wildman–Crippen MR) is 96.0 cm³/mol. The molecule has 0 radical (unpaired) electrons. The van der Waals surface area contributed by atoms with E-state index in [1.54, 1.807) is 16.8 Å². The molecule has 0 fully saturated rings. The summed E-state index contributed by atoms with van der Waals surface area (Å²) < 4.78 is 1.67. The van der Waals surface area contributed by atoms with Crippen LogP contribution in [0.5, 0.6) is 0 Å². The van der Waals surface area contributed by atoms with Crippen molar-refractivity contribution in [1.29, 1.82) is 0 Å². The number of fused-ring (bicyclic) bond motifs is 1. The number of hydrogen-bond donors (Lipinski definition) is 0. The Morgan fingerprint density at radius 1 is 1.08 bits per heavy atom. The zero-order chi connectivity index (χ0) is 17.4. The Morgan fingerprint density at radius 3 is 2.56 bits per heavy atom. The summed E-state index contributed by atoms with van der Waals surface area (Å²) in [6.07, 6.45) is 0.860. The molecule has 2 heterocycles. The lowest BCUT2D eigenvalue weighted by Crippen LogP contribution is -2.36. The first-order valence-electron chi connectivity index (χ1n) is 8.17. The second kappa shape index (κ2) is 6.33. The molecule has 1 aromatic heterocycles. The van der Waals surface area contributed by atoms with Crippen molar-refractivity contribution in [2.45, 2.75) is 19.9 Å². The molecule has 1 aliphatic rings. The zero-order valence-electron chi connectivity index (χ0n) is 13.8. The summed E-state index contributed by atoms with van der Waals surface area (Å²) >= 11 is 5.93. The van der Waals surface area contributed by atoms with Crippen molar-refractivity contribution < 1.29 is 4.79 Å². The highest BCUT2D eigenvalue weighted by atomic mass is 35.5. The van der Waals surface area contributed by atoms with Gasteiger partial charge < -0.3 is 4.90 Å². The molecule has 0 unspecified atom stereocenters. The van der Waals surface area contributed by atoms with Crippen molar-refractivity contribution in [2.75, 3.05) is 6.54 Å². The van der Waals surface area contributed by atoms with Gasteiger partial charge in [-0.3, -0.25) is 4.79 Å². The quantitative estimate of drug-likeness (QED) is 0.710. The van der Waals surface area contributed by atoms with Crippen molar-refractivity contribution >= 4 is 17.5 Å². The van der Waals surface area contributed by atoms with Crippen LogP contribution in [0.1, 0.15) is 27.6 Å². The number of aryl methyl sites for hydroxylation is 1. The summed E-state index contributed by atoms with van der Waals surface area (Å²) in [6, 6.07) is 15.5. The maximum absolute atomic E-state index is 12.8. The van der Waals surface area contributed by atoms with Gasteiger partial charge in [-0.05, 0) is 48.7 Å². The lowest BCUT2D eigenvalue weighted by Gasteiger charge is -2.27. The lowest BCUT2D eigenvalue weighted by molar-refractivity contribution is 0.0722. The average molecular weight is 353 g/mol. The summed E-state index contributed by atoms with van der Waals surface area (Å²) in [4.78, 5) is 19.0. The Hall–Kier alpha value is -2.66. The summed E-state index contributed by atoms with van der Waals surface area (Å²) in [5.74, 6) is 0.764. The SMILES string of the molecule is Cc1nc(C(=O)N2CCc3ccccc3C2)nn1-c1ccc(Cl)cc1.